The Labute approximate surface area is 174 Å². The van der Waals surface area contributed by atoms with Gasteiger partial charge in [-0.15, -0.1) is 0 Å². The third-order valence-corrected chi connectivity index (χ3v) is 5.48. The van der Waals surface area contributed by atoms with Gasteiger partial charge in [-0.3, -0.25) is 4.79 Å². The lowest BCUT2D eigenvalue weighted by molar-refractivity contribution is -0.137. The largest absolute Gasteiger partial charge is 0.417 e. The third kappa shape index (κ3) is 3.54. The number of hydrogen-bond donors (Lipinski definition) is 1. The lowest BCUT2D eigenvalue weighted by Gasteiger charge is -2.26. The van der Waals surface area contributed by atoms with E-state index in [0.29, 0.717) is 17.1 Å². The molecule has 0 atom stereocenters. The molecular weight excluding hydrogens is 413 g/mol. The molecule has 4 heterocycles. The first-order chi connectivity index (χ1) is 14.9. The number of aliphatic imine (C=N–C) groups is 1. The summed E-state index contributed by atoms with van der Waals surface area (Å²) in [4.78, 5) is 20.7. The fourth-order valence-corrected chi connectivity index (χ4v) is 3.99. The molecule has 11 heteroatoms. The van der Waals surface area contributed by atoms with Crippen molar-refractivity contribution in [1.82, 2.24) is 25.2 Å². The molecule has 1 amide bonds. The standard InChI is InChI=1S/C20H17F3N6O2/c21-20(22,23)14-4-2-1-3-12(14)17-27-19(31-28-17)13-10-25-29-15(13)9-16(30)26-18(29)11-5-7-24-8-6-11/h1-4,10-11,24H,5-9H2. The highest BCUT2D eigenvalue weighted by atomic mass is 19.4. The molecule has 1 aromatic carbocycles. The predicted octanol–water partition coefficient (Wildman–Crippen LogP) is 2.95. The molecule has 2 aromatic heterocycles. The zero-order valence-corrected chi connectivity index (χ0v) is 16.2. The molecule has 3 aromatic rings. The Morgan fingerprint density at radius 3 is 2.68 bits per heavy atom. The number of fused-ring (bicyclic) bond motifs is 1. The highest BCUT2D eigenvalue weighted by Gasteiger charge is 2.35. The highest BCUT2D eigenvalue weighted by Crippen LogP contribution is 2.37. The van der Waals surface area contributed by atoms with Gasteiger partial charge in [0.05, 0.1) is 29.4 Å². The topological polar surface area (TPSA) is 98.2 Å². The third-order valence-electron chi connectivity index (χ3n) is 5.48. The molecule has 2 aliphatic rings. The lowest BCUT2D eigenvalue weighted by atomic mass is 9.95. The van der Waals surface area contributed by atoms with E-state index in [1.165, 1.54) is 24.4 Å². The summed E-state index contributed by atoms with van der Waals surface area (Å²) in [5.74, 6) is 0.199. The molecule has 0 unspecified atom stereocenters. The summed E-state index contributed by atoms with van der Waals surface area (Å²) in [6, 6.07) is 5.03. The van der Waals surface area contributed by atoms with Crippen molar-refractivity contribution >= 4 is 11.7 Å². The molecule has 31 heavy (non-hydrogen) atoms. The number of nitrogens with one attached hydrogen (secondary N) is 1. The predicted molar refractivity (Wildman–Crippen MR) is 103 cm³/mol. The van der Waals surface area contributed by atoms with Gasteiger partial charge in [0.2, 0.25) is 5.82 Å². The molecule has 1 saturated heterocycles. The van der Waals surface area contributed by atoms with Crippen LogP contribution in [0.1, 0.15) is 24.1 Å². The van der Waals surface area contributed by atoms with Gasteiger partial charge in [0.25, 0.3) is 11.8 Å². The maximum absolute atomic E-state index is 13.3. The van der Waals surface area contributed by atoms with Crippen molar-refractivity contribution in [2.75, 3.05) is 13.1 Å². The van der Waals surface area contributed by atoms with Gasteiger partial charge in [0, 0.05) is 11.5 Å². The van der Waals surface area contributed by atoms with Crippen LogP contribution in [0.3, 0.4) is 0 Å². The number of benzene rings is 1. The maximum atomic E-state index is 13.3. The summed E-state index contributed by atoms with van der Waals surface area (Å²) < 4.78 is 46.9. The smallest absolute Gasteiger partial charge is 0.333 e. The van der Waals surface area contributed by atoms with Gasteiger partial charge in [0.1, 0.15) is 5.84 Å². The van der Waals surface area contributed by atoms with Gasteiger partial charge in [-0.05, 0) is 32.0 Å². The average molecular weight is 430 g/mol. The second kappa shape index (κ2) is 7.41. The summed E-state index contributed by atoms with van der Waals surface area (Å²) in [5, 5.41) is 11.4. The van der Waals surface area contributed by atoms with Crippen LogP contribution in [-0.4, -0.2) is 44.8 Å². The summed E-state index contributed by atoms with van der Waals surface area (Å²) in [6.07, 6.45) is -1.40. The van der Waals surface area contributed by atoms with E-state index >= 15 is 0 Å². The zero-order chi connectivity index (χ0) is 21.6. The van der Waals surface area contributed by atoms with E-state index in [2.05, 4.69) is 25.5 Å². The zero-order valence-electron chi connectivity index (χ0n) is 16.2. The fraction of sp³-hybridized carbons (Fsp3) is 0.350. The fourth-order valence-electron chi connectivity index (χ4n) is 3.99. The van der Waals surface area contributed by atoms with Crippen LogP contribution in [0.5, 0.6) is 0 Å². The molecule has 1 fully saturated rings. The van der Waals surface area contributed by atoms with Crippen LogP contribution in [0.15, 0.2) is 40.0 Å². The SMILES string of the molecule is O=C1Cc2c(-c3nc(-c4ccccc4C(F)(F)F)no3)cnn2C(C2CCNCC2)=N1. The van der Waals surface area contributed by atoms with E-state index in [0.717, 1.165) is 32.0 Å². The van der Waals surface area contributed by atoms with Crippen molar-refractivity contribution in [2.24, 2.45) is 10.9 Å². The van der Waals surface area contributed by atoms with Crippen LogP contribution >= 0.6 is 0 Å². The van der Waals surface area contributed by atoms with E-state index < -0.39 is 11.7 Å². The van der Waals surface area contributed by atoms with Crippen molar-refractivity contribution in [2.45, 2.75) is 25.4 Å². The quantitative estimate of drug-likeness (QED) is 0.686. The average Bonchev–Trinajstić information content (AvgIpc) is 3.40. The van der Waals surface area contributed by atoms with Crippen LogP contribution in [0, 0.1) is 5.92 Å². The van der Waals surface area contributed by atoms with E-state index in [1.54, 1.807) is 4.68 Å². The number of hydrogen-bond acceptors (Lipinski definition) is 6. The number of rotatable bonds is 3. The number of alkyl halides is 3. The van der Waals surface area contributed by atoms with E-state index in [-0.39, 0.29) is 35.5 Å². The van der Waals surface area contributed by atoms with E-state index in [4.69, 9.17) is 4.52 Å². The summed E-state index contributed by atoms with van der Waals surface area (Å²) >= 11 is 0. The van der Waals surface area contributed by atoms with Gasteiger partial charge in [0.15, 0.2) is 0 Å². The van der Waals surface area contributed by atoms with Crippen molar-refractivity contribution in [3.8, 4) is 22.8 Å². The Morgan fingerprint density at radius 1 is 1.13 bits per heavy atom. The second-order valence-corrected chi connectivity index (χ2v) is 7.45. The first-order valence-electron chi connectivity index (χ1n) is 9.82. The second-order valence-electron chi connectivity index (χ2n) is 7.45. The molecule has 0 bridgehead atoms. The van der Waals surface area contributed by atoms with Gasteiger partial charge >= 0.3 is 6.18 Å². The Kier molecular flexibility index (Phi) is 4.69. The Hall–Kier alpha value is -3.34. The first-order valence-corrected chi connectivity index (χ1v) is 9.82. The van der Waals surface area contributed by atoms with Crippen LogP contribution in [0.25, 0.3) is 22.8 Å². The normalized spacial score (nSPS) is 17.5. The van der Waals surface area contributed by atoms with Crippen molar-refractivity contribution in [3.05, 3.63) is 41.7 Å². The molecule has 8 nitrogen and oxygen atoms in total. The minimum absolute atomic E-state index is 0.000650. The van der Waals surface area contributed by atoms with E-state index in [1.807, 2.05) is 0 Å². The van der Waals surface area contributed by atoms with Gasteiger partial charge in [-0.1, -0.05) is 23.4 Å². The maximum Gasteiger partial charge on any atom is 0.417 e. The molecule has 0 saturated carbocycles. The first kappa shape index (κ1) is 19.6. The number of carbonyl (C=O) groups excluding carboxylic acids is 1. The highest BCUT2D eigenvalue weighted by molar-refractivity contribution is 6.01. The Balaban J connectivity index is 1.52. The number of halogens is 3. The number of carbonyl (C=O) groups is 1. The lowest BCUT2D eigenvalue weighted by Crippen LogP contribution is -2.38. The summed E-state index contributed by atoms with van der Waals surface area (Å²) in [7, 11) is 0. The number of nitrogens with zero attached hydrogens (tertiary/aromatic N) is 5. The van der Waals surface area contributed by atoms with Gasteiger partial charge in [-0.2, -0.15) is 28.2 Å². The van der Waals surface area contributed by atoms with Crippen LogP contribution < -0.4 is 5.32 Å². The van der Waals surface area contributed by atoms with Gasteiger partial charge in [-0.25, -0.2) is 4.68 Å². The van der Waals surface area contributed by atoms with Crippen LogP contribution in [0.4, 0.5) is 13.2 Å². The van der Waals surface area contributed by atoms with Crippen molar-refractivity contribution < 1.29 is 22.5 Å². The Bertz CT molecular complexity index is 1170. The molecular formula is C20H17F3N6O2. The minimum atomic E-state index is -4.55. The molecule has 2 aliphatic heterocycles. The number of aromatic nitrogens is 4. The monoisotopic (exact) mass is 430 g/mol. The van der Waals surface area contributed by atoms with Gasteiger partial charge < -0.3 is 9.84 Å². The molecule has 160 valence electrons. The molecule has 5 rings (SSSR count). The summed E-state index contributed by atoms with van der Waals surface area (Å²) in [6.45, 7) is 1.65. The molecule has 1 N–H and O–H groups in total. The molecule has 0 aliphatic carbocycles. The van der Waals surface area contributed by atoms with Crippen LogP contribution in [-0.2, 0) is 17.4 Å². The summed E-state index contributed by atoms with van der Waals surface area (Å²) in [5.41, 5.74) is -0.0697. The molecule has 0 spiro atoms. The van der Waals surface area contributed by atoms with Crippen molar-refractivity contribution in [1.29, 1.82) is 0 Å². The van der Waals surface area contributed by atoms with E-state index in [9.17, 15) is 18.0 Å². The molecule has 0 radical (unpaired) electrons. The minimum Gasteiger partial charge on any atom is -0.333 e. The number of amides is 1. The number of piperidine rings is 1. The van der Waals surface area contributed by atoms with Crippen LogP contribution in [0.2, 0.25) is 0 Å². The Morgan fingerprint density at radius 2 is 1.90 bits per heavy atom. The van der Waals surface area contributed by atoms with Crippen molar-refractivity contribution in [3.63, 3.8) is 0 Å².